The van der Waals surface area contributed by atoms with Crippen LogP contribution in [-0.4, -0.2) is 5.11 Å². The Hall–Kier alpha value is -0.230. The van der Waals surface area contributed by atoms with Gasteiger partial charge in [0.15, 0.2) is 0 Å². The molecule has 0 aromatic heterocycles. The van der Waals surface area contributed by atoms with E-state index in [0.717, 1.165) is 8.95 Å². The van der Waals surface area contributed by atoms with E-state index < -0.39 is 11.9 Å². The topological polar surface area (TPSA) is 20.2 Å². The maximum Gasteiger partial charge on any atom is 0.143 e. The highest BCUT2D eigenvalue weighted by atomic mass is 79.9. The fraction of sp³-hybridized carbons (Fsp3) is 0.0769. The van der Waals surface area contributed by atoms with Gasteiger partial charge >= 0.3 is 0 Å². The van der Waals surface area contributed by atoms with Crippen LogP contribution in [0.1, 0.15) is 17.2 Å². The first kappa shape index (κ1) is 14.2. The third-order valence-electron chi connectivity index (χ3n) is 2.53. The van der Waals surface area contributed by atoms with Crippen LogP contribution in [0.25, 0.3) is 0 Å². The summed E-state index contributed by atoms with van der Waals surface area (Å²) in [6.45, 7) is 0. The third-order valence-corrected chi connectivity index (χ3v) is 4.33. The van der Waals surface area contributed by atoms with Gasteiger partial charge in [0.1, 0.15) is 11.9 Å². The molecular weight excluding hydrogens is 431 g/mol. The lowest BCUT2D eigenvalue weighted by molar-refractivity contribution is 0.214. The van der Waals surface area contributed by atoms with Crippen LogP contribution in [0.15, 0.2) is 49.8 Å². The largest absolute Gasteiger partial charge is 0.384 e. The standard InChI is InChI=1S/C13H8Br3FO/c14-7-4-5-8(11(16)6-7)13(18)9-2-1-3-10(15)12(9)17/h1-6,13,18H. The van der Waals surface area contributed by atoms with Gasteiger partial charge in [-0.25, -0.2) is 4.39 Å². The van der Waals surface area contributed by atoms with Gasteiger partial charge in [0.25, 0.3) is 0 Å². The van der Waals surface area contributed by atoms with E-state index in [2.05, 4.69) is 47.8 Å². The average Bonchev–Trinajstić information content (AvgIpc) is 2.32. The summed E-state index contributed by atoms with van der Waals surface area (Å²) in [6.07, 6.45) is -1.01. The van der Waals surface area contributed by atoms with Crippen molar-refractivity contribution in [3.8, 4) is 0 Å². The van der Waals surface area contributed by atoms with Crippen molar-refractivity contribution in [2.45, 2.75) is 6.10 Å². The van der Waals surface area contributed by atoms with Crippen molar-refractivity contribution < 1.29 is 9.50 Å². The minimum Gasteiger partial charge on any atom is -0.384 e. The number of hydrogen-bond acceptors (Lipinski definition) is 1. The van der Waals surface area contributed by atoms with Crippen molar-refractivity contribution in [3.05, 3.63) is 66.8 Å². The average molecular weight is 439 g/mol. The summed E-state index contributed by atoms with van der Waals surface area (Å²) in [5.74, 6) is -0.445. The SMILES string of the molecule is OC(c1ccc(Br)cc1Br)c1cccc(Br)c1F. The van der Waals surface area contributed by atoms with Crippen molar-refractivity contribution >= 4 is 47.8 Å². The van der Waals surface area contributed by atoms with Crippen LogP contribution in [0.5, 0.6) is 0 Å². The zero-order valence-electron chi connectivity index (χ0n) is 9.00. The summed E-state index contributed by atoms with van der Waals surface area (Å²) in [5, 5.41) is 10.3. The number of aliphatic hydroxyl groups excluding tert-OH is 1. The quantitative estimate of drug-likeness (QED) is 0.683. The van der Waals surface area contributed by atoms with E-state index in [9.17, 15) is 9.50 Å². The van der Waals surface area contributed by atoms with Crippen molar-refractivity contribution in [3.63, 3.8) is 0 Å². The normalized spacial score (nSPS) is 12.5. The van der Waals surface area contributed by atoms with E-state index in [1.165, 1.54) is 0 Å². The molecule has 0 aliphatic rings. The number of rotatable bonds is 2. The minimum absolute atomic E-state index is 0.243. The molecule has 2 aromatic carbocycles. The molecule has 1 N–H and O–H groups in total. The van der Waals surface area contributed by atoms with E-state index in [1.54, 1.807) is 30.3 Å². The Morgan fingerprint density at radius 2 is 1.67 bits per heavy atom. The predicted molar refractivity (Wildman–Crippen MR) is 80.0 cm³/mol. The van der Waals surface area contributed by atoms with Crippen LogP contribution in [0, 0.1) is 5.82 Å². The molecule has 94 valence electrons. The van der Waals surface area contributed by atoms with Crippen LogP contribution in [0.3, 0.4) is 0 Å². The first-order valence-electron chi connectivity index (χ1n) is 5.07. The molecule has 0 heterocycles. The van der Waals surface area contributed by atoms with Gasteiger partial charge in [-0.1, -0.05) is 50.1 Å². The van der Waals surface area contributed by atoms with Crippen LogP contribution < -0.4 is 0 Å². The first-order chi connectivity index (χ1) is 8.50. The molecule has 2 rings (SSSR count). The molecule has 0 aliphatic heterocycles. The fourth-order valence-corrected chi connectivity index (χ4v) is 3.27. The highest BCUT2D eigenvalue weighted by molar-refractivity contribution is 9.11. The molecule has 0 radical (unpaired) electrons. The Balaban J connectivity index is 2.48. The first-order valence-corrected chi connectivity index (χ1v) is 7.45. The minimum atomic E-state index is -1.01. The van der Waals surface area contributed by atoms with E-state index in [-0.39, 0.29) is 5.56 Å². The molecule has 1 nitrogen and oxygen atoms in total. The van der Waals surface area contributed by atoms with Gasteiger partial charge in [-0.05, 0) is 39.7 Å². The molecule has 0 amide bonds. The van der Waals surface area contributed by atoms with Gasteiger partial charge in [-0.15, -0.1) is 0 Å². The molecule has 0 spiro atoms. The van der Waals surface area contributed by atoms with E-state index in [4.69, 9.17) is 0 Å². The van der Waals surface area contributed by atoms with E-state index in [0.29, 0.717) is 10.0 Å². The molecule has 5 heteroatoms. The molecular formula is C13H8Br3FO. The Morgan fingerprint density at radius 3 is 2.33 bits per heavy atom. The number of hydrogen-bond donors (Lipinski definition) is 1. The summed E-state index contributed by atoms with van der Waals surface area (Å²) in [7, 11) is 0. The number of halogens is 4. The highest BCUT2D eigenvalue weighted by Crippen LogP contribution is 2.33. The lowest BCUT2D eigenvalue weighted by atomic mass is 10.0. The van der Waals surface area contributed by atoms with Crippen LogP contribution >= 0.6 is 47.8 Å². The Kier molecular flexibility index (Phi) is 4.59. The van der Waals surface area contributed by atoms with Crippen LogP contribution in [-0.2, 0) is 0 Å². The molecule has 0 fully saturated rings. The molecule has 1 unspecified atom stereocenters. The summed E-state index contributed by atoms with van der Waals surface area (Å²) in [6, 6.07) is 10.2. The molecule has 0 aliphatic carbocycles. The molecule has 2 aromatic rings. The second kappa shape index (κ2) is 5.82. The molecule has 0 saturated heterocycles. The summed E-state index contributed by atoms with van der Waals surface area (Å²) in [5.41, 5.74) is 0.864. The lowest BCUT2D eigenvalue weighted by Gasteiger charge is -2.15. The molecule has 0 bridgehead atoms. The zero-order valence-corrected chi connectivity index (χ0v) is 13.8. The van der Waals surface area contributed by atoms with Gasteiger partial charge in [-0.3, -0.25) is 0 Å². The van der Waals surface area contributed by atoms with Crippen molar-refractivity contribution in [2.24, 2.45) is 0 Å². The Morgan fingerprint density at radius 1 is 0.944 bits per heavy atom. The fourth-order valence-electron chi connectivity index (χ4n) is 1.62. The smallest absolute Gasteiger partial charge is 0.143 e. The summed E-state index contributed by atoms with van der Waals surface area (Å²) in [4.78, 5) is 0. The third kappa shape index (κ3) is 2.85. The van der Waals surface area contributed by atoms with Gasteiger partial charge in [0.2, 0.25) is 0 Å². The molecule has 18 heavy (non-hydrogen) atoms. The van der Waals surface area contributed by atoms with Gasteiger partial charge < -0.3 is 5.11 Å². The lowest BCUT2D eigenvalue weighted by Crippen LogP contribution is -2.03. The van der Waals surface area contributed by atoms with Gasteiger partial charge in [0, 0.05) is 14.5 Å². The molecule has 0 saturated carbocycles. The monoisotopic (exact) mass is 436 g/mol. The maximum atomic E-state index is 13.9. The molecule has 1 atom stereocenters. The zero-order chi connectivity index (χ0) is 13.3. The van der Waals surface area contributed by atoms with E-state index >= 15 is 0 Å². The second-order valence-electron chi connectivity index (χ2n) is 3.71. The number of benzene rings is 2. The second-order valence-corrected chi connectivity index (χ2v) is 6.34. The Labute approximate surface area is 129 Å². The van der Waals surface area contributed by atoms with Gasteiger partial charge in [0.05, 0.1) is 4.47 Å². The van der Waals surface area contributed by atoms with Crippen LogP contribution in [0.2, 0.25) is 0 Å². The highest BCUT2D eigenvalue weighted by Gasteiger charge is 2.18. The van der Waals surface area contributed by atoms with Crippen molar-refractivity contribution in [1.82, 2.24) is 0 Å². The predicted octanol–water partition coefficient (Wildman–Crippen LogP) is 5.19. The number of aliphatic hydroxyl groups is 1. The summed E-state index contributed by atoms with van der Waals surface area (Å²) < 4.78 is 15.9. The van der Waals surface area contributed by atoms with E-state index in [1.807, 2.05) is 6.07 Å². The summed E-state index contributed by atoms with van der Waals surface area (Å²) >= 11 is 9.81. The maximum absolute atomic E-state index is 13.9. The van der Waals surface area contributed by atoms with Gasteiger partial charge in [-0.2, -0.15) is 0 Å². The Bertz CT molecular complexity index is 586. The van der Waals surface area contributed by atoms with Crippen molar-refractivity contribution in [1.29, 1.82) is 0 Å². The van der Waals surface area contributed by atoms with Crippen LogP contribution in [0.4, 0.5) is 4.39 Å². The van der Waals surface area contributed by atoms with Crippen molar-refractivity contribution in [2.75, 3.05) is 0 Å².